The first-order chi connectivity index (χ1) is 9.91. The van der Waals surface area contributed by atoms with E-state index in [1.165, 1.54) is 11.1 Å². The van der Waals surface area contributed by atoms with Crippen LogP contribution in [0.5, 0.6) is 0 Å². The molecule has 2 rings (SSSR count). The summed E-state index contributed by atoms with van der Waals surface area (Å²) in [5.74, 6) is 0.888. The lowest BCUT2D eigenvalue weighted by atomic mass is 9.86. The molecule has 6 heteroatoms. The van der Waals surface area contributed by atoms with E-state index in [1.54, 1.807) is 16.4 Å². The van der Waals surface area contributed by atoms with Gasteiger partial charge in [-0.25, -0.2) is 4.68 Å². The van der Waals surface area contributed by atoms with E-state index in [1.807, 2.05) is 14.1 Å². The van der Waals surface area contributed by atoms with Crippen molar-refractivity contribution < 1.29 is 0 Å². The van der Waals surface area contributed by atoms with Gasteiger partial charge in [0.05, 0.1) is 0 Å². The molecule has 0 aliphatic carbocycles. The third-order valence-corrected chi connectivity index (χ3v) is 4.59. The zero-order valence-electron chi connectivity index (χ0n) is 13.3. The molecule has 1 heterocycles. The first-order valence-corrected chi connectivity index (χ1v) is 8.03. The zero-order valence-corrected chi connectivity index (χ0v) is 14.1. The van der Waals surface area contributed by atoms with Gasteiger partial charge in [-0.2, -0.15) is 0 Å². The van der Waals surface area contributed by atoms with Crippen molar-refractivity contribution in [3.8, 4) is 0 Å². The summed E-state index contributed by atoms with van der Waals surface area (Å²) < 4.78 is 1.69. The van der Waals surface area contributed by atoms with Crippen LogP contribution >= 0.6 is 11.8 Å². The molecular weight excluding hydrogens is 282 g/mol. The largest absolute Gasteiger partial charge is 0.312 e. The van der Waals surface area contributed by atoms with Crippen LogP contribution in [-0.4, -0.2) is 33.0 Å². The van der Waals surface area contributed by atoms with Gasteiger partial charge in [-0.15, -0.1) is 5.10 Å². The van der Waals surface area contributed by atoms with Crippen molar-refractivity contribution in [1.82, 2.24) is 25.5 Å². The maximum atomic E-state index is 4.00. The molecule has 2 aromatic rings. The quantitative estimate of drug-likeness (QED) is 0.860. The smallest absolute Gasteiger partial charge is 0.209 e. The van der Waals surface area contributed by atoms with Crippen LogP contribution in [-0.2, 0) is 12.5 Å². The van der Waals surface area contributed by atoms with E-state index in [2.05, 4.69) is 65.9 Å². The summed E-state index contributed by atoms with van der Waals surface area (Å²) in [6.07, 6.45) is 0. The Hall–Kier alpha value is -1.40. The number of thioether (sulfide) groups is 1. The highest BCUT2D eigenvalue weighted by atomic mass is 32.2. The summed E-state index contributed by atoms with van der Waals surface area (Å²) in [6, 6.07) is 9.12. The molecule has 0 aliphatic rings. The van der Waals surface area contributed by atoms with E-state index in [0.717, 1.165) is 10.9 Å². The van der Waals surface area contributed by atoms with E-state index in [-0.39, 0.29) is 11.5 Å². The van der Waals surface area contributed by atoms with Crippen LogP contribution in [0.15, 0.2) is 29.4 Å². The van der Waals surface area contributed by atoms with E-state index in [9.17, 15) is 0 Å². The molecule has 1 unspecified atom stereocenters. The fourth-order valence-corrected chi connectivity index (χ4v) is 3.06. The molecule has 1 aromatic carbocycles. The molecule has 21 heavy (non-hydrogen) atoms. The van der Waals surface area contributed by atoms with Gasteiger partial charge in [0.1, 0.15) is 0 Å². The summed E-state index contributed by atoms with van der Waals surface area (Å²) in [4.78, 5) is 0. The lowest BCUT2D eigenvalue weighted by molar-refractivity contribution is 0.588. The Morgan fingerprint density at radius 2 is 1.90 bits per heavy atom. The minimum absolute atomic E-state index is 0.187. The van der Waals surface area contributed by atoms with Crippen molar-refractivity contribution in [3.05, 3.63) is 35.4 Å². The number of aryl methyl sites for hydroxylation is 1. The van der Waals surface area contributed by atoms with Gasteiger partial charge < -0.3 is 5.32 Å². The van der Waals surface area contributed by atoms with Crippen molar-refractivity contribution in [2.24, 2.45) is 7.05 Å². The fraction of sp³-hybridized carbons (Fsp3) is 0.533. The van der Waals surface area contributed by atoms with Gasteiger partial charge in [-0.3, -0.25) is 0 Å². The molecule has 1 aromatic heterocycles. The standard InChI is InChI=1S/C15H23N5S/c1-15(2,3)12-8-6-11(7-9-12)13(16-4)10-21-14-17-18-19-20(14)5/h6-9,13,16H,10H2,1-5H3. The van der Waals surface area contributed by atoms with Crippen molar-refractivity contribution in [2.45, 2.75) is 37.4 Å². The van der Waals surface area contributed by atoms with Gasteiger partial charge in [-0.05, 0) is 34.0 Å². The van der Waals surface area contributed by atoms with Crippen LogP contribution < -0.4 is 5.32 Å². The number of tetrazole rings is 1. The first-order valence-electron chi connectivity index (χ1n) is 7.04. The second-order valence-electron chi connectivity index (χ2n) is 6.11. The van der Waals surface area contributed by atoms with Gasteiger partial charge in [0.2, 0.25) is 5.16 Å². The second kappa shape index (κ2) is 6.58. The lowest BCUT2D eigenvalue weighted by Crippen LogP contribution is -2.19. The van der Waals surface area contributed by atoms with Crippen LogP contribution in [0.4, 0.5) is 0 Å². The molecule has 0 bridgehead atoms. The van der Waals surface area contributed by atoms with Gasteiger partial charge >= 0.3 is 0 Å². The summed E-state index contributed by atoms with van der Waals surface area (Å²) in [6.45, 7) is 6.69. The molecule has 114 valence electrons. The number of hydrogen-bond donors (Lipinski definition) is 1. The Morgan fingerprint density at radius 3 is 2.38 bits per heavy atom. The topological polar surface area (TPSA) is 55.6 Å². The number of aromatic nitrogens is 4. The van der Waals surface area contributed by atoms with Crippen LogP contribution in [0.3, 0.4) is 0 Å². The first kappa shape index (κ1) is 16.0. The third-order valence-electron chi connectivity index (χ3n) is 3.49. The monoisotopic (exact) mass is 305 g/mol. The third kappa shape index (κ3) is 4.04. The molecule has 0 saturated carbocycles. The number of nitrogens with one attached hydrogen (secondary N) is 1. The van der Waals surface area contributed by atoms with E-state index >= 15 is 0 Å². The second-order valence-corrected chi connectivity index (χ2v) is 7.10. The van der Waals surface area contributed by atoms with Crippen molar-refractivity contribution in [3.63, 3.8) is 0 Å². The molecule has 0 fully saturated rings. The maximum absolute atomic E-state index is 4.00. The van der Waals surface area contributed by atoms with Crippen LogP contribution in [0, 0.1) is 0 Å². The molecule has 1 atom stereocenters. The average molecular weight is 305 g/mol. The van der Waals surface area contributed by atoms with Gasteiger partial charge in [0, 0.05) is 18.8 Å². The van der Waals surface area contributed by atoms with Crippen molar-refractivity contribution in [2.75, 3.05) is 12.8 Å². The highest BCUT2D eigenvalue weighted by Gasteiger charge is 2.16. The summed E-state index contributed by atoms with van der Waals surface area (Å²) in [5, 5.41) is 15.7. The van der Waals surface area contributed by atoms with Gasteiger partial charge in [-0.1, -0.05) is 56.8 Å². The number of rotatable bonds is 5. The van der Waals surface area contributed by atoms with Gasteiger partial charge in [0.15, 0.2) is 0 Å². The zero-order chi connectivity index (χ0) is 15.5. The molecule has 0 saturated heterocycles. The molecular formula is C15H23N5S. The van der Waals surface area contributed by atoms with Crippen LogP contribution in [0.2, 0.25) is 0 Å². The molecule has 0 amide bonds. The SMILES string of the molecule is CNC(CSc1nnnn1C)c1ccc(C(C)(C)C)cc1. The minimum atomic E-state index is 0.187. The normalized spacial score (nSPS) is 13.4. The Bertz CT molecular complexity index is 570. The fourth-order valence-electron chi connectivity index (χ4n) is 2.06. The van der Waals surface area contributed by atoms with E-state index < -0.39 is 0 Å². The maximum Gasteiger partial charge on any atom is 0.209 e. The number of benzene rings is 1. The Labute approximate surface area is 130 Å². The highest BCUT2D eigenvalue weighted by Crippen LogP contribution is 2.26. The summed E-state index contributed by atoms with van der Waals surface area (Å²) in [5.41, 5.74) is 2.83. The van der Waals surface area contributed by atoms with Crippen LogP contribution in [0.1, 0.15) is 37.9 Å². The van der Waals surface area contributed by atoms with E-state index in [0.29, 0.717) is 0 Å². The molecule has 1 N–H and O–H groups in total. The Balaban J connectivity index is 2.05. The summed E-state index contributed by atoms with van der Waals surface area (Å²) in [7, 11) is 3.84. The molecule has 5 nitrogen and oxygen atoms in total. The lowest BCUT2D eigenvalue weighted by Gasteiger charge is -2.21. The predicted octanol–water partition coefficient (Wildman–Crippen LogP) is 2.56. The Morgan fingerprint density at radius 1 is 1.24 bits per heavy atom. The van der Waals surface area contributed by atoms with Crippen molar-refractivity contribution in [1.29, 1.82) is 0 Å². The highest BCUT2D eigenvalue weighted by molar-refractivity contribution is 7.99. The Kier molecular flexibility index (Phi) is 5.00. The van der Waals surface area contributed by atoms with Crippen molar-refractivity contribution >= 4 is 11.8 Å². The molecule has 0 radical (unpaired) electrons. The molecule has 0 aliphatic heterocycles. The minimum Gasteiger partial charge on any atom is -0.312 e. The number of hydrogen-bond acceptors (Lipinski definition) is 5. The summed E-state index contributed by atoms with van der Waals surface area (Å²) >= 11 is 1.66. The predicted molar refractivity (Wildman–Crippen MR) is 86.5 cm³/mol. The van der Waals surface area contributed by atoms with E-state index in [4.69, 9.17) is 0 Å². The average Bonchev–Trinajstić information content (AvgIpc) is 2.85. The molecule has 0 spiro atoms. The van der Waals surface area contributed by atoms with Gasteiger partial charge in [0.25, 0.3) is 0 Å². The van der Waals surface area contributed by atoms with Crippen LogP contribution in [0.25, 0.3) is 0 Å². The number of nitrogens with zero attached hydrogens (tertiary/aromatic N) is 4.